The van der Waals surface area contributed by atoms with Crippen molar-refractivity contribution in [1.82, 2.24) is 0 Å². The normalized spacial score (nSPS) is 10.3. The van der Waals surface area contributed by atoms with Gasteiger partial charge in [0.15, 0.2) is 0 Å². The van der Waals surface area contributed by atoms with Crippen LogP contribution < -0.4 is 9.47 Å². The zero-order valence-corrected chi connectivity index (χ0v) is 16.2. The van der Waals surface area contributed by atoms with Crippen LogP contribution in [-0.2, 0) is 0 Å². The largest absolute Gasteiger partial charge is 0.493 e. The van der Waals surface area contributed by atoms with Crippen molar-refractivity contribution in [1.29, 1.82) is 10.5 Å². The van der Waals surface area contributed by atoms with Crippen molar-refractivity contribution >= 4 is 11.0 Å². The van der Waals surface area contributed by atoms with E-state index in [1.165, 1.54) is 0 Å². The van der Waals surface area contributed by atoms with Gasteiger partial charge in [0.25, 0.3) is 0 Å². The van der Waals surface area contributed by atoms with Gasteiger partial charge >= 0.3 is 0 Å². The van der Waals surface area contributed by atoms with Crippen molar-refractivity contribution in [3.63, 3.8) is 0 Å². The molecule has 1 heterocycles. The Morgan fingerprint density at radius 2 is 1.47 bits per heavy atom. The van der Waals surface area contributed by atoms with Crippen molar-refractivity contribution < 1.29 is 13.9 Å². The maximum atomic E-state index is 9.05. The lowest BCUT2D eigenvalue weighted by Crippen LogP contribution is -2.05. The number of nitrogens with zero attached hydrogens (tertiary/aromatic N) is 2. The van der Waals surface area contributed by atoms with Crippen LogP contribution in [-0.4, -0.2) is 13.2 Å². The van der Waals surface area contributed by atoms with Crippen LogP contribution in [0.25, 0.3) is 22.3 Å². The molecule has 0 aliphatic carbocycles. The van der Waals surface area contributed by atoms with E-state index in [1.54, 1.807) is 30.3 Å². The Bertz CT molecular complexity index is 1240. The zero-order valence-electron chi connectivity index (χ0n) is 16.2. The average molecular weight is 394 g/mol. The lowest BCUT2D eigenvalue weighted by Gasteiger charge is -2.09. The molecule has 3 aromatic carbocycles. The predicted octanol–water partition coefficient (Wildman–Crippen LogP) is 5.69. The van der Waals surface area contributed by atoms with E-state index in [9.17, 15) is 0 Å². The minimum atomic E-state index is 0.519. The van der Waals surface area contributed by atoms with Crippen LogP contribution >= 0.6 is 0 Å². The fourth-order valence-electron chi connectivity index (χ4n) is 3.06. The van der Waals surface area contributed by atoms with Gasteiger partial charge in [-0.25, -0.2) is 0 Å². The third-order valence-electron chi connectivity index (χ3n) is 4.57. The summed E-state index contributed by atoms with van der Waals surface area (Å²) in [7, 11) is 0. The summed E-state index contributed by atoms with van der Waals surface area (Å²) in [5.74, 6) is 2.22. The van der Waals surface area contributed by atoms with Crippen LogP contribution in [0.15, 0.2) is 77.2 Å². The molecule has 0 radical (unpaired) electrons. The van der Waals surface area contributed by atoms with E-state index < -0.39 is 0 Å². The first-order chi connectivity index (χ1) is 14.7. The summed E-state index contributed by atoms with van der Waals surface area (Å²) in [4.78, 5) is 0. The molecule has 4 rings (SSSR count). The molecule has 0 N–H and O–H groups in total. The van der Waals surface area contributed by atoms with Gasteiger partial charge in [0.05, 0.1) is 36.5 Å². The van der Waals surface area contributed by atoms with E-state index in [-0.39, 0.29) is 0 Å². The summed E-state index contributed by atoms with van der Waals surface area (Å²) in [6, 6.07) is 26.3. The van der Waals surface area contributed by atoms with Gasteiger partial charge in [-0.05, 0) is 60.7 Å². The second kappa shape index (κ2) is 8.86. The molecule has 0 atom stereocenters. The number of nitriles is 2. The molecule has 146 valence electrons. The first-order valence-corrected chi connectivity index (χ1v) is 9.55. The van der Waals surface area contributed by atoms with Gasteiger partial charge in [-0.2, -0.15) is 10.5 Å². The molecule has 1 aromatic heterocycles. The Labute approximate surface area is 174 Å². The Morgan fingerprint density at radius 3 is 2.23 bits per heavy atom. The smallest absolute Gasteiger partial charge is 0.135 e. The van der Waals surface area contributed by atoms with Crippen LogP contribution in [0, 0.1) is 22.7 Å². The lowest BCUT2D eigenvalue weighted by molar-refractivity contribution is 0.247. The highest BCUT2D eigenvalue weighted by molar-refractivity contribution is 5.84. The van der Waals surface area contributed by atoms with Crippen LogP contribution in [0.1, 0.15) is 17.5 Å². The molecule has 5 heteroatoms. The fraction of sp³-hybridized carbons (Fsp3) is 0.120. The van der Waals surface area contributed by atoms with Gasteiger partial charge < -0.3 is 13.9 Å². The quantitative estimate of drug-likeness (QED) is 0.376. The van der Waals surface area contributed by atoms with E-state index in [2.05, 4.69) is 12.1 Å². The predicted molar refractivity (Wildman–Crippen MR) is 113 cm³/mol. The van der Waals surface area contributed by atoms with E-state index in [0.717, 1.165) is 40.2 Å². The highest BCUT2D eigenvalue weighted by atomic mass is 16.5. The summed E-state index contributed by atoms with van der Waals surface area (Å²) < 4.78 is 17.4. The molecule has 4 aromatic rings. The SMILES string of the molecule is N#Cc1ccc(OCCCOc2cccc(-c3cc4cc(C#N)ccc4o3)c2)cc1. The summed E-state index contributed by atoms with van der Waals surface area (Å²) >= 11 is 0. The molecular weight excluding hydrogens is 376 g/mol. The van der Waals surface area contributed by atoms with Crippen molar-refractivity contribution in [2.24, 2.45) is 0 Å². The lowest BCUT2D eigenvalue weighted by atomic mass is 10.1. The summed E-state index contributed by atoms with van der Waals surface area (Å²) in [5.41, 5.74) is 2.88. The van der Waals surface area contributed by atoms with Crippen molar-refractivity contribution in [2.45, 2.75) is 6.42 Å². The van der Waals surface area contributed by atoms with Gasteiger partial charge in [-0.15, -0.1) is 0 Å². The molecule has 0 bridgehead atoms. The molecule has 30 heavy (non-hydrogen) atoms. The third-order valence-corrected chi connectivity index (χ3v) is 4.57. The van der Waals surface area contributed by atoms with E-state index >= 15 is 0 Å². The number of hydrogen-bond acceptors (Lipinski definition) is 5. The highest BCUT2D eigenvalue weighted by Crippen LogP contribution is 2.30. The Hall–Kier alpha value is -4.22. The maximum Gasteiger partial charge on any atom is 0.135 e. The number of rotatable bonds is 7. The first kappa shape index (κ1) is 19.1. The Morgan fingerprint density at radius 1 is 0.733 bits per heavy atom. The minimum Gasteiger partial charge on any atom is -0.493 e. The van der Waals surface area contributed by atoms with Crippen molar-refractivity contribution in [3.8, 4) is 35.0 Å². The number of fused-ring (bicyclic) bond motifs is 1. The maximum absolute atomic E-state index is 9.05. The highest BCUT2D eigenvalue weighted by Gasteiger charge is 2.08. The second-order valence-corrected chi connectivity index (χ2v) is 6.69. The molecule has 0 aliphatic heterocycles. The molecule has 0 saturated carbocycles. The molecule has 0 aliphatic rings. The molecule has 0 fully saturated rings. The summed E-state index contributed by atoms with van der Waals surface area (Å²) in [6.07, 6.45) is 0.728. The molecular formula is C25H18N2O3. The van der Waals surface area contributed by atoms with E-state index in [4.69, 9.17) is 24.4 Å². The molecule has 5 nitrogen and oxygen atoms in total. The van der Waals surface area contributed by atoms with Gasteiger partial charge in [-0.1, -0.05) is 12.1 Å². The van der Waals surface area contributed by atoms with Crippen LogP contribution in [0.3, 0.4) is 0 Å². The van der Waals surface area contributed by atoms with Gasteiger partial charge in [0.2, 0.25) is 0 Å². The number of ether oxygens (including phenoxy) is 2. The monoisotopic (exact) mass is 394 g/mol. The zero-order chi connectivity index (χ0) is 20.8. The second-order valence-electron chi connectivity index (χ2n) is 6.69. The van der Waals surface area contributed by atoms with Crippen molar-refractivity contribution in [2.75, 3.05) is 13.2 Å². The number of furan rings is 1. The molecule has 0 saturated heterocycles. The summed E-state index contributed by atoms with van der Waals surface area (Å²) in [6.45, 7) is 1.04. The Balaban J connectivity index is 1.33. The van der Waals surface area contributed by atoms with E-state index in [1.807, 2.05) is 42.5 Å². The Kier molecular flexibility index (Phi) is 5.64. The first-order valence-electron chi connectivity index (χ1n) is 9.55. The van der Waals surface area contributed by atoms with Crippen LogP contribution in [0.4, 0.5) is 0 Å². The molecule has 0 unspecified atom stereocenters. The topological polar surface area (TPSA) is 79.2 Å². The molecule has 0 amide bonds. The molecule has 0 spiro atoms. The fourth-order valence-corrected chi connectivity index (χ4v) is 3.06. The third kappa shape index (κ3) is 4.43. The van der Waals surface area contributed by atoms with Crippen LogP contribution in [0.5, 0.6) is 11.5 Å². The summed E-state index contributed by atoms with van der Waals surface area (Å²) in [5, 5.41) is 18.8. The average Bonchev–Trinajstić information content (AvgIpc) is 3.23. The van der Waals surface area contributed by atoms with E-state index in [0.29, 0.717) is 24.3 Å². The standard InChI is InChI=1S/C25H18N2O3/c26-16-18-5-8-22(9-6-18)28-11-2-12-29-23-4-1-3-20(14-23)25-15-21-13-19(17-27)7-10-24(21)30-25/h1,3-10,13-15H,2,11-12H2. The minimum absolute atomic E-state index is 0.519. The van der Waals surface area contributed by atoms with Gasteiger partial charge in [-0.3, -0.25) is 0 Å². The number of hydrogen-bond donors (Lipinski definition) is 0. The van der Waals surface area contributed by atoms with Gasteiger partial charge in [0, 0.05) is 17.4 Å². The van der Waals surface area contributed by atoms with Crippen molar-refractivity contribution in [3.05, 3.63) is 83.9 Å². The van der Waals surface area contributed by atoms with Crippen LogP contribution in [0.2, 0.25) is 0 Å². The van der Waals surface area contributed by atoms with Gasteiger partial charge in [0.1, 0.15) is 22.8 Å². The number of benzene rings is 3.